The average molecular weight is 296 g/mol. The Labute approximate surface area is 125 Å². The Kier molecular flexibility index (Phi) is 6.15. The van der Waals surface area contributed by atoms with E-state index in [1.165, 1.54) is 12.1 Å². The Morgan fingerprint density at radius 1 is 1.38 bits per heavy atom. The highest BCUT2D eigenvalue weighted by molar-refractivity contribution is 5.95. The van der Waals surface area contributed by atoms with E-state index in [2.05, 4.69) is 5.32 Å². The van der Waals surface area contributed by atoms with Crippen molar-refractivity contribution in [3.63, 3.8) is 0 Å². The molecule has 0 radical (unpaired) electrons. The summed E-state index contributed by atoms with van der Waals surface area (Å²) in [6.45, 7) is 7.79. The van der Waals surface area contributed by atoms with Crippen molar-refractivity contribution in [2.45, 2.75) is 46.6 Å². The third-order valence-electron chi connectivity index (χ3n) is 3.79. The number of amides is 1. The molecule has 0 bridgehead atoms. The maximum Gasteiger partial charge on any atom is 0.231 e. The summed E-state index contributed by atoms with van der Waals surface area (Å²) in [5.74, 6) is -0.317. The van der Waals surface area contributed by atoms with E-state index in [-0.39, 0.29) is 24.2 Å². The van der Waals surface area contributed by atoms with Crippen molar-refractivity contribution < 1.29 is 13.9 Å². The van der Waals surface area contributed by atoms with Crippen LogP contribution >= 0.6 is 0 Å². The second-order valence-corrected chi connectivity index (χ2v) is 5.45. The smallest absolute Gasteiger partial charge is 0.231 e. The molecule has 0 heterocycles. The number of carbonyl (C=O) groups excluding carboxylic acids is 1. The van der Waals surface area contributed by atoms with Gasteiger partial charge >= 0.3 is 0 Å². The van der Waals surface area contributed by atoms with E-state index < -0.39 is 11.2 Å². The maximum atomic E-state index is 14.0. The van der Waals surface area contributed by atoms with E-state index in [4.69, 9.17) is 10.5 Å². The molecular formula is C16H25FN2O2. The summed E-state index contributed by atoms with van der Waals surface area (Å²) in [7, 11) is 0. The van der Waals surface area contributed by atoms with Crippen molar-refractivity contribution in [1.82, 2.24) is 0 Å². The minimum Gasteiger partial charge on any atom is -0.491 e. The van der Waals surface area contributed by atoms with E-state index in [9.17, 15) is 9.18 Å². The molecule has 1 amide bonds. The van der Waals surface area contributed by atoms with Crippen LogP contribution in [0.5, 0.6) is 5.75 Å². The first kappa shape index (κ1) is 17.4. The van der Waals surface area contributed by atoms with E-state index in [0.29, 0.717) is 18.6 Å². The number of carbonyl (C=O) groups is 1. The van der Waals surface area contributed by atoms with Crippen LogP contribution in [-0.2, 0) is 4.79 Å². The lowest BCUT2D eigenvalue weighted by Crippen LogP contribution is -2.41. The highest BCUT2D eigenvalue weighted by atomic mass is 19.1. The number of hydrogen-bond acceptors (Lipinski definition) is 3. The van der Waals surface area contributed by atoms with Crippen molar-refractivity contribution in [2.75, 3.05) is 11.9 Å². The molecule has 0 atom stereocenters. The Balaban J connectivity index is 2.90. The van der Waals surface area contributed by atoms with Gasteiger partial charge in [0.05, 0.1) is 17.2 Å². The summed E-state index contributed by atoms with van der Waals surface area (Å²) in [5, 5.41) is 2.63. The van der Waals surface area contributed by atoms with Crippen LogP contribution in [0.1, 0.15) is 40.5 Å². The first-order valence-electron chi connectivity index (χ1n) is 7.36. The molecule has 0 spiro atoms. The molecule has 0 fully saturated rings. The van der Waals surface area contributed by atoms with Crippen LogP contribution in [0.15, 0.2) is 18.2 Å². The largest absolute Gasteiger partial charge is 0.491 e. The average Bonchev–Trinajstić information content (AvgIpc) is 2.44. The summed E-state index contributed by atoms with van der Waals surface area (Å²) >= 11 is 0. The van der Waals surface area contributed by atoms with Crippen LogP contribution < -0.4 is 15.8 Å². The predicted octanol–water partition coefficient (Wildman–Crippen LogP) is 3.32. The Hall–Kier alpha value is -1.62. The monoisotopic (exact) mass is 296 g/mol. The van der Waals surface area contributed by atoms with Crippen molar-refractivity contribution in [3.05, 3.63) is 24.0 Å². The van der Waals surface area contributed by atoms with Crippen molar-refractivity contribution in [1.29, 1.82) is 0 Å². The van der Waals surface area contributed by atoms with Crippen LogP contribution in [0.4, 0.5) is 10.1 Å². The van der Waals surface area contributed by atoms with Crippen molar-refractivity contribution in [3.8, 4) is 5.75 Å². The SMILES string of the molecule is CCC(CC)(CN)C(=O)Nc1ccc(OC(C)C)cc1F. The topological polar surface area (TPSA) is 64.4 Å². The van der Waals surface area contributed by atoms with Crippen molar-refractivity contribution in [2.24, 2.45) is 11.1 Å². The molecule has 1 aromatic carbocycles. The molecule has 0 saturated carbocycles. The van der Waals surface area contributed by atoms with Gasteiger partial charge in [-0.2, -0.15) is 0 Å². The first-order valence-corrected chi connectivity index (χ1v) is 7.36. The van der Waals surface area contributed by atoms with Gasteiger partial charge in [-0.05, 0) is 38.8 Å². The van der Waals surface area contributed by atoms with Crippen LogP contribution in [0.2, 0.25) is 0 Å². The van der Waals surface area contributed by atoms with Gasteiger partial charge in [0.25, 0.3) is 0 Å². The van der Waals surface area contributed by atoms with Gasteiger partial charge in [-0.3, -0.25) is 4.79 Å². The number of rotatable bonds is 7. The molecule has 118 valence electrons. The minimum absolute atomic E-state index is 0.0325. The second kappa shape index (κ2) is 7.41. The Morgan fingerprint density at radius 2 is 2.00 bits per heavy atom. The quantitative estimate of drug-likeness (QED) is 0.811. The van der Waals surface area contributed by atoms with Crippen molar-refractivity contribution >= 4 is 11.6 Å². The zero-order valence-electron chi connectivity index (χ0n) is 13.2. The fraction of sp³-hybridized carbons (Fsp3) is 0.562. The fourth-order valence-electron chi connectivity index (χ4n) is 2.15. The molecule has 0 unspecified atom stereocenters. The molecule has 1 rings (SSSR count). The zero-order valence-corrected chi connectivity index (χ0v) is 13.2. The van der Waals surface area contributed by atoms with Gasteiger partial charge < -0.3 is 15.8 Å². The summed E-state index contributed by atoms with van der Waals surface area (Å²) in [6, 6.07) is 4.43. The minimum atomic E-state index is -0.653. The second-order valence-electron chi connectivity index (χ2n) is 5.45. The summed E-state index contributed by atoms with van der Waals surface area (Å²) in [6.07, 6.45) is 1.19. The summed E-state index contributed by atoms with van der Waals surface area (Å²) in [4.78, 5) is 12.4. The lowest BCUT2D eigenvalue weighted by Gasteiger charge is -2.28. The molecule has 5 heteroatoms. The van der Waals surface area contributed by atoms with Crippen LogP contribution in [-0.4, -0.2) is 18.6 Å². The predicted molar refractivity (Wildman–Crippen MR) is 82.9 cm³/mol. The highest BCUT2D eigenvalue weighted by Crippen LogP contribution is 2.28. The molecule has 21 heavy (non-hydrogen) atoms. The normalized spacial score (nSPS) is 11.6. The fourth-order valence-corrected chi connectivity index (χ4v) is 2.15. The van der Waals surface area contributed by atoms with Crippen LogP contribution in [0.25, 0.3) is 0 Å². The number of benzene rings is 1. The maximum absolute atomic E-state index is 14.0. The van der Waals surface area contributed by atoms with Crippen LogP contribution in [0.3, 0.4) is 0 Å². The lowest BCUT2D eigenvalue weighted by molar-refractivity contribution is -0.125. The summed E-state index contributed by atoms with van der Waals surface area (Å²) in [5.41, 5.74) is 5.22. The number of nitrogens with two attached hydrogens (primary N) is 1. The van der Waals surface area contributed by atoms with Gasteiger partial charge in [-0.25, -0.2) is 4.39 Å². The van der Waals surface area contributed by atoms with E-state index in [1.54, 1.807) is 6.07 Å². The molecule has 0 aromatic heterocycles. The van der Waals surface area contributed by atoms with E-state index in [1.807, 2.05) is 27.7 Å². The highest BCUT2D eigenvalue weighted by Gasteiger charge is 2.33. The zero-order chi connectivity index (χ0) is 16.0. The van der Waals surface area contributed by atoms with Gasteiger partial charge in [0.15, 0.2) is 0 Å². The Bertz CT molecular complexity index is 477. The molecule has 3 N–H and O–H groups in total. The number of nitrogens with one attached hydrogen (secondary N) is 1. The molecule has 0 saturated heterocycles. The molecule has 0 aliphatic heterocycles. The molecular weight excluding hydrogens is 271 g/mol. The number of ether oxygens (including phenoxy) is 1. The number of halogens is 1. The molecule has 4 nitrogen and oxygen atoms in total. The lowest BCUT2D eigenvalue weighted by atomic mass is 9.81. The molecule has 1 aromatic rings. The van der Waals surface area contributed by atoms with Gasteiger partial charge in [0.1, 0.15) is 11.6 Å². The third kappa shape index (κ3) is 4.17. The molecule has 0 aliphatic rings. The summed E-state index contributed by atoms with van der Waals surface area (Å²) < 4.78 is 19.4. The van der Waals surface area contributed by atoms with E-state index in [0.717, 1.165) is 0 Å². The van der Waals surface area contributed by atoms with Gasteiger partial charge in [-0.1, -0.05) is 13.8 Å². The van der Waals surface area contributed by atoms with Crippen LogP contribution in [0, 0.1) is 11.2 Å². The molecule has 0 aliphatic carbocycles. The first-order chi connectivity index (χ1) is 9.88. The standard InChI is InChI=1S/C16H25FN2O2/c1-5-16(6-2,10-18)15(20)19-14-8-7-12(9-13(14)17)21-11(3)4/h7-9,11H,5-6,10,18H2,1-4H3,(H,19,20). The Morgan fingerprint density at radius 3 is 2.43 bits per heavy atom. The number of anilines is 1. The third-order valence-corrected chi connectivity index (χ3v) is 3.79. The van der Waals surface area contributed by atoms with E-state index >= 15 is 0 Å². The van der Waals surface area contributed by atoms with Gasteiger partial charge in [0.2, 0.25) is 5.91 Å². The number of hydrogen-bond donors (Lipinski definition) is 2. The van der Waals surface area contributed by atoms with Gasteiger partial charge in [0, 0.05) is 12.6 Å². The van der Waals surface area contributed by atoms with Gasteiger partial charge in [-0.15, -0.1) is 0 Å².